The first-order valence-electron chi connectivity index (χ1n) is 11.6. The number of unbranched alkanes of at least 4 members (excludes halogenated alkanes) is 1. The van der Waals surface area contributed by atoms with E-state index in [-0.39, 0.29) is 25.3 Å². The van der Waals surface area contributed by atoms with Gasteiger partial charge in [0.2, 0.25) is 17.7 Å². The number of nitrogens with two attached hydrogens (primary N) is 4. The molecule has 0 aliphatic rings. The lowest BCUT2D eigenvalue weighted by Gasteiger charge is -2.27. The molecule has 14 nitrogen and oxygen atoms in total. The highest BCUT2D eigenvalue weighted by atomic mass is 16.4. The Hall–Kier alpha value is -2.97. The number of hydrogen-bond donors (Lipinski definition) is 9. The van der Waals surface area contributed by atoms with Crippen LogP contribution in [0.3, 0.4) is 0 Å². The van der Waals surface area contributed by atoms with Crippen LogP contribution in [-0.4, -0.2) is 83.2 Å². The smallest absolute Gasteiger partial charge is 0.326 e. The van der Waals surface area contributed by atoms with Crippen LogP contribution in [0.1, 0.15) is 52.9 Å². The average molecular weight is 503 g/mol. The van der Waals surface area contributed by atoms with Gasteiger partial charge in [-0.25, -0.2) is 4.79 Å². The van der Waals surface area contributed by atoms with E-state index in [2.05, 4.69) is 20.9 Å². The molecule has 0 spiro atoms. The van der Waals surface area contributed by atoms with Gasteiger partial charge in [0.1, 0.15) is 18.1 Å². The Morgan fingerprint density at radius 2 is 1.46 bits per heavy atom. The zero-order valence-corrected chi connectivity index (χ0v) is 20.7. The molecule has 0 bridgehead atoms. The average Bonchev–Trinajstić information content (AvgIpc) is 2.76. The molecule has 14 heteroatoms. The van der Waals surface area contributed by atoms with Crippen molar-refractivity contribution in [2.24, 2.45) is 33.8 Å². The SMILES string of the molecule is CC(C)C(NC(=O)C(CCCCN)NC(=O)C(NC(=O)C(N)CCCN=C(N)N)C(C)O)C(=O)O. The van der Waals surface area contributed by atoms with Crippen molar-refractivity contribution in [3.8, 4) is 0 Å². The van der Waals surface area contributed by atoms with Crippen molar-refractivity contribution in [1.29, 1.82) is 0 Å². The number of rotatable bonds is 17. The van der Waals surface area contributed by atoms with Gasteiger partial charge in [0.15, 0.2) is 5.96 Å². The monoisotopic (exact) mass is 502 g/mol. The van der Waals surface area contributed by atoms with Gasteiger partial charge in [0.25, 0.3) is 0 Å². The van der Waals surface area contributed by atoms with Crippen LogP contribution < -0.4 is 38.9 Å². The number of aliphatic imine (C=N–C) groups is 1. The zero-order valence-electron chi connectivity index (χ0n) is 20.7. The molecule has 0 aromatic rings. The standard InChI is InChI=1S/C21H42N8O6/c1-11(2)15(20(34)35)28-18(32)14(8-4-5-9-22)27-19(33)16(12(3)30)29-17(31)13(23)7-6-10-26-21(24)25/h11-16,30H,4-10,22-23H2,1-3H3,(H,27,33)(H,28,32)(H,29,31)(H,34,35)(H4,24,25,26). The van der Waals surface area contributed by atoms with Crippen molar-refractivity contribution < 1.29 is 29.4 Å². The third-order valence-electron chi connectivity index (χ3n) is 5.18. The topological polar surface area (TPSA) is 261 Å². The van der Waals surface area contributed by atoms with E-state index < -0.39 is 59.9 Å². The van der Waals surface area contributed by atoms with Crippen molar-refractivity contribution in [2.45, 2.75) is 83.1 Å². The maximum absolute atomic E-state index is 12.9. The van der Waals surface area contributed by atoms with E-state index in [1.54, 1.807) is 13.8 Å². The molecular formula is C21H42N8O6. The number of amides is 3. The lowest BCUT2D eigenvalue weighted by Crippen LogP contribution is -2.60. The summed E-state index contributed by atoms with van der Waals surface area (Å²) in [6, 6.07) is -4.62. The molecule has 0 aromatic heterocycles. The molecule has 0 aliphatic carbocycles. The van der Waals surface area contributed by atoms with Gasteiger partial charge in [0.05, 0.1) is 12.1 Å². The summed E-state index contributed by atoms with van der Waals surface area (Å²) in [5, 5.41) is 26.8. The summed E-state index contributed by atoms with van der Waals surface area (Å²) in [7, 11) is 0. The zero-order chi connectivity index (χ0) is 27.1. The Bertz CT molecular complexity index is 727. The number of aliphatic carboxylic acids is 1. The fourth-order valence-corrected chi connectivity index (χ4v) is 3.11. The predicted molar refractivity (Wildman–Crippen MR) is 131 cm³/mol. The first-order chi connectivity index (χ1) is 16.3. The highest BCUT2D eigenvalue weighted by Crippen LogP contribution is 2.07. The Kier molecular flexibility index (Phi) is 15.2. The van der Waals surface area contributed by atoms with Gasteiger partial charge in [-0.05, 0) is 51.5 Å². The molecule has 13 N–H and O–H groups in total. The van der Waals surface area contributed by atoms with Crippen LogP contribution >= 0.6 is 0 Å². The van der Waals surface area contributed by atoms with Gasteiger partial charge >= 0.3 is 5.97 Å². The lowest BCUT2D eigenvalue weighted by atomic mass is 10.0. The summed E-state index contributed by atoms with van der Waals surface area (Å²) < 4.78 is 0. The number of carbonyl (C=O) groups is 4. The van der Waals surface area contributed by atoms with Crippen LogP contribution in [-0.2, 0) is 19.2 Å². The fraction of sp³-hybridized carbons (Fsp3) is 0.762. The lowest BCUT2D eigenvalue weighted by molar-refractivity contribution is -0.143. The van der Waals surface area contributed by atoms with Gasteiger partial charge < -0.3 is 49.1 Å². The molecule has 35 heavy (non-hydrogen) atoms. The molecule has 5 atom stereocenters. The van der Waals surface area contributed by atoms with Crippen LogP contribution in [0.4, 0.5) is 0 Å². The number of nitrogens with one attached hydrogen (secondary N) is 3. The maximum Gasteiger partial charge on any atom is 0.326 e. The minimum Gasteiger partial charge on any atom is -0.480 e. The molecule has 3 amide bonds. The van der Waals surface area contributed by atoms with E-state index in [1.807, 2.05) is 0 Å². The van der Waals surface area contributed by atoms with E-state index in [1.165, 1.54) is 6.92 Å². The molecule has 0 saturated carbocycles. The minimum absolute atomic E-state index is 0.0815. The van der Waals surface area contributed by atoms with Gasteiger partial charge in [-0.3, -0.25) is 19.4 Å². The second kappa shape index (κ2) is 16.6. The number of carboxylic acid groups (broad SMARTS) is 1. The van der Waals surface area contributed by atoms with Crippen molar-refractivity contribution in [3.63, 3.8) is 0 Å². The molecule has 0 aliphatic heterocycles. The van der Waals surface area contributed by atoms with Crippen molar-refractivity contribution in [2.75, 3.05) is 13.1 Å². The van der Waals surface area contributed by atoms with Crippen LogP contribution in [0, 0.1) is 5.92 Å². The number of nitrogens with zero attached hydrogens (tertiary/aromatic N) is 1. The number of carboxylic acids is 1. The normalized spacial score (nSPS) is 15.3. The molecule has 0 radical (unpaired) electrons. The summed E-state index contributed by atoms with van der Waals surface area (Å²) in [5.74, 6) is -3.86. The van der Waals surface area contributed by atoms with Gasteiger partial charge in [-0.15, -0.1) is 0 Å². The number of guanidine groups is 1. The summed E-state index contributed by atoms with van der Waals surface area (Å²) in [4.78, 5) is 53.4. The Morgan fingerprint density at radius 1 is 0.857 bits per heavy atom. The summed E-state index contributed by atoms with van der Waals surface area (Å²) >= 11 is 0. The first-order valence-corrected chi connectivity index (χ1v) is 11.6. The van der Waals surface area contributed by atoms with Gasteiger partial charge in [-0.2, -0.15) is 0 Å². The molecular weight excluding hydrogens is 460 g/mol. The number of hydrogen-bond acceptors (Lipinski definition) is 8. The second-order valence-electron chi connectivity index (χ2n) is 8.70. The molecule has 0 heterocycles. The largest absolute Gasteiger partial charge is 0.480 e. The van der Waals surface area contributed by atoms with E-state index >= 15 is 0 Å². The molecule has 0 aromatic carbocycles. The van der Waals surface area contributed by atoms with Crippen LogP contribution in [0.5, 0.6) is 0 Å². The van der Waals surface area contributed by atoms with Crippen LogP contribution in [0.15, 0.2) is 4.99 Å². The number of aliphatic hydroxyl groups is 1. The third kappa shape index (κ3) is 12.9. The summed E-state index contributed by atoms with van der Waals surface area (Å²) in [6.45, 7) is 5.23. The second-order valence-corrected chi connectivity index (χ2v) is 8.70. The number of aliphatic hydroxyl groups excluding tert-OH is 1. The minimum atomic E-state index is -1.39. The predicted octanol–water partition coefficient (Wildman–Crippen LogP) is -2.93. The highest BCUT2D eigenvalue weighted by molar-refractivity contribution is 5.94. The van der Waals surface area contributed by atoms with Gasteiger partial charge in [0, 0.05) is 6.54 Å². The Morgan fingerprint density at radius 3 is 1.94 bits per heavy atom. The van der Waals surface area contributed by atoms with Crippen molar-refractivity contribution in [1.82, 2.24) is 16.0 Å². The van der Waals surface area contributed by atoms with Crippen LogP contribution in [0.2, 0.25) is 0 Å². The van der Waals surface area contributed by atoms with Crippen LogP contribution in [0.25, 0.3) is 0 Å². The van der Waals surface area contributed by atoms with E-state index in [4.69, 9.17) is 22.9 Å². The first kappa shape index (κ1) is 32.0. The maximum atomic E-state index is 12.9. The summed E-state index contributed by atoms with van der Waals surface area (Å²) in [5.41, 5.74) is 21.8. The Labute approximate surface area is 205 Å². The molecule has 5 unspecified atom stereocenters. The Balaban J connectivity index is 5.32. The third-order valence-corrected chi connectivity index (χ3v) is 5.18. The molecule has 0 saturated heterocycles. The quantitative estimate of drug-likeness (QED) is 0.0555. The highest BCUT2D eigenvalue weighted by Gasteiger charge is 2.32. The fourth-order valence-electron chi connectivity index (χ4n) is 3.11. The van der Waals surface area contributed by atoms with Crippen molar-refractivity contribution >= 4 is 29.7 Å². The number of carbonyl (C=O) groups excluding carboxylic acids is 3. The molecule has 202 valence electrons. The van der Waals surface area contributed by atoms with Gasteiger partial charge in [-0.1, -0.05) is 13.8 Å². The van der Waals surface area contributed by atoms with Crippen molar-refractivity contribution in [3.05, 3.63) is 0 Å². The molecule has 0 fully saturated rings. The summed E-state index contributed by atoms with van der Waals surface area (Å²) in [6.07, 6.45) is 0.597. The van der Waals surface area contributed by atoms with E-state index in [0.717, 1.165) is 0 Å². The van der Waals surface area contributed by atoms with E-state index in [0.29, 0.717) is 25.8 Å². The van der Waals surface area contributed by atoms with E-state index in [9.17, 15) is 29.4 Å². The molecule has 0 rings (SSSR count).